The van der Waals surface area contributed by atoms with E-state index in [0.29, 0.717) is 5.56 Å². The Bertz CT molecular complexity index is 447. The molecule has 0 radical (unpaired) electrons. The summed E-state index contributed by atoms with van der Waals surface area (Å²) in [6.45, 7) is 0. The Kier molecular flexibility index (Phi) is 2.53. The summed E-state index contributed by atoms with van der Waals surface area (Å²) < 4.78 is -0.0368. The quantitative estimate of drug-likeness (QED) is 0.351. The van der Waals surface area contributed by atoms with E-state index >= 15 is 0 Å². The molecule has 1 aromatic carbocycles. The van der Waals surface area contributed by atoms with E-state index in [2.05, 4.69) is 0 Å². The average molecular weight is 244 g/mol. The Balaban J connectivity index is 2.59. The molecule has 0 bridgehead atoms. The highest BCUT2D eigenvalue weighted by molar-refractivity contribution is 8.92. The van der Waals surface area contributed by atoms with Crippen LogP contribution in [0.4, 0.5) is 11.4 Å². The first-order valence-corrected chi connectivity index (χ1v) is 6.12. The van der Waals surface area contributed by atoms with E-state index in [9.17, 15) is 20.2 Å². The average Bonchev–Trinajstić information content (AvgIpc) is 2.99. The minimum atomic E-state index is -0.723. The second-order valence-electron chi connectivity index (χ2n) is 2.75. The first-order valence-electron chi connectivity index (χ1n) is 3.85. The molecule has 0 aliphatic carbocycles. The third-order valence-corrected chi connectivity index (χ3v) is 3.92. The molecular formula is C7H4N2O4S2. The zero-order valence-electron chi connectivity index (χ0n) is 7.15. The molecule has 0 saturated carbocycles. The first-order chi connectivity index (χ1) is 7.11. The maximum atomic E-state index is 10.8. The fourth-order valence-corrected chi connectivity index (χ4v) is 2.65. The smallest absolute Gasteiger partial charge is 0.258 e. The summed E-state index contributed by atoms with van der Waals surface area (Å²) in [6.07, 6.45) is 0. The largest absolute Gasteiger partial charge is 0.351 e. The Morgan fingerprint density at radius 3 is 2.27 bits per heavy atom. The van der Waals surface area contributed by atoms with E-state index < -0.39 is 15.5 Å². The Hall–Kier alpha value is -1.28. The molecular weight excluding hydrogens is 240 g/mol. The molecule has 0 N–H and O–H groups in total. The molecule has 0 atom stereocenters. The van der Waals surface area contributed by atoms with Gasteiger partial charge in [0.05, 0.1) is 15.4 Å². The van der Waals surface area contributed by atoms with E-state index in [0.717, 1.165) is 6.07 Å². The number of hydrogen-bond acceptors (Lipinski definition) is 6. The van der Waals surface area contributed by atoms with Gasteiger partial charge in [-0.3, -0.25) is 20.2 Å². The van der Waals surface area contributed by atoms with Crippen LogP contribution in [0.5, 0.6) is 0 Å². The van der Waals surface area contributed by atoms with Crippen molar-refractivity contribution in [1.29, 1.82) is 0 Å². The van der Waals surface area contributed by atoms with Crippen LogP contribution in [-0.4, -0.2) is 9.85 Å². The van der Waals surface area contributed by atoms with Crippen LogP contribution in [0.1, 0.15) is 10.1 Å². The second kappa shape index (κ2) is 3.70. The summed E-state index contributed by atoms with van der Waals surface area (Å²) in [6, 6.07) is 4.18. The van der Waals surface area contributed by atoms with Crippen molar-refractivity contribution < 1.29 is 9.85 Å². The van der Waals surface area contributed by atoms with Crippen molar-refractivity contribution in [3.63, 3.8) is 0 Å². The third kappa shape index (κ3) is 1.90. The molecule has 0 amide bonds. The lowest BCUT2D eigenvalue weighted by atomic mass is 10.1. The van der Waals surface area contributed by atoms with Gasteiger partial charge in [0.1, 0.15) is 4.58 Å². The molecule has 1 fully saturated rings. The van der Waals surface area contributed by atoms with Gasteiger partial charge in [-0.2, -0.15) is 0 Å². The van der Waals surface area contributed by atoms with Crippen molar-refractivity contribution in [2.75, 3.05) is 0 Å². The molecule has 0 aromatic heterocycles. The summed E-state index contributed by atoms with van der Waals surface area (Å²) in [5.41, 5.74) is -0.403. The minimum absolute atomic E-state index is 0.0368. The van der Waals surface area contributed by atoms with Crippen molar-refractivity contribution in [3.8, 4) is 0 Å². The van der Waals surface area contributed by atoms with Gasteiger partial charge < -0.3 is 0 Å². The van der Waals surface area contributed by atoms with Gasteiger partial charge in [0.25, 0.3) is 0 Å². The van der Waals surface area contributed by atoms with E-state index in [1.54, 1.807) is 6.07 Å². The fraction of sp³-hybridized carbons (Fsp3) is 0.143. The minimum Gasteiger partial charge on any atom is -0.258 e. The number of nitro benzene ring substituents is 2. The van der Waals surface area contributed by atoms with E-state index in [-0.39, 0.29) is 10.3 Å². The summed E-state index contributed by atoms with van der Waals surface area (Å²) in [5.74, 6) is 0. The molecule has 1 heterocycles. The van der Waals surface area contributed by atoms with Crippen LogP contribution >= 0.6 is 21.6 Å². The van der Waals surface area contributed by atoms with Crippen LogP contribution in [0.2, 0.25) is 0 Å². The lowest BCUT2D eigenvalue weighted by Gasteiger charge is -1.99. The highest BCUT2D eigenvalue weighted by atomic mass is 33.2. The first kappa shape index (κ1) is 10.2. The lowest BCUT2D eigenvalue weighted by Crippen LogP contribution is -1.99. The monoisotopic (exact) mass is 244 g/mol. The van der Waals surface area contributed by atoms with Crippen molar-refractivity contribution in [2.24, 2.45) is 0 Å². The SMILES string of the molecule is O=[N+]([O-])c1cccc(C2SS2)c1[N+](=O)[O-]. The molecule has 1 saturated heterocycles. The third-order valence-electron chi connectivity index (χ3n) is 1.87. The predicted octanol–water partition coefficient (Wildman–Crippen LogP) is 2.90. The number of rotatable bonds is 3. The number of benzene rings is 1. The summed E-state index contributed by atoms with van der Waals surface area (Å²) in [4.78, 5) is 20.0. The van der Waals surface area contributed by atoms with E-state index in [4.69, 9.17) is 0 Å². The van der Waals surface area contributed by atoms with Crippen LogP contribution in [0.25, 0.3) is 0 Å². The standard InChI is InChI=1S/C7H4N2O4S2/c10-8(11)5-3-1-2-4(7-14-15-7)6(5)9(12)13/h1-3,7H. The maximum absolute atomic E-state index is 10.8. The van der Waals surface area contributed by atoms with Crippen molar-refractivity contribution in [1.82, 2.24) is 0 Å². The van der Waals surface area contributed by atoms with Crippen molar-refractivity contribution in [3.05, 3.63) is 44.0 Å². The number of nitro groups is 2. The molecule has 78 valence electrons. The van der Waals surface area contributed by atoms with Crippen LogP contribution in [0.15, 0.2) is 18.2 Å². The van der Waals surface area contributed by atoms with Gasteiger partial charge in [-0.25, -0.2) is 0 Å². The van der Waals surface area contributed by atoms with Gasteiger partial charge in [0, 0.05) is 6.07 Å². The van der Waals surface area contributed by atoms with Gasteiger partial charge in [-0.05, 0) is 6.07 Å². The lowest BCUT2D eigenvalue weighted by molar-refractivity contribution is -0.422. The summed E-state index contributed by atoms with van der Waals surface area (Å²) in [7, 11) is 2.93. The molecule has 2 rings (SSSR count). The molecule has 6 nitrogen and oxygen atoms in total. The molecule has 1 aliphatic rings. The highest BCUT2D eigenvalue weighted by Gasteiger charge is 2.38. The maximum Gasteiger partial charge on any atom is 0.351 e. The van der Waals surface area contributed by atoms with Crippen LogP contribution < -0.4 is 0 Å². The van der Waals surface area contributed by atoms with Crippen molar-refractivity contribution >= 4 is 33.0 Å². The van der Waals surface area contributed by atoms with E-state index in [1.165, 1.54) is 27.7 Å². The molecule has 0 spiro atoms. The molecule has 8 heteroatoms. The van der Waals surface area contributed by atoms with Gasteiger partial charge in [0.15, 0.2) is 0 Å². The summed E-state index contributed by atoms with van der Waals surface area (Å²) >= 11 is 0. The number of hydrogen-bond donors (Lipinski definition) is 0. The molecule has 15 heavy (non-hydrogen) atoms. The number of nitrogens with zero attached hydrogens (tertiary/aromatic N) is 2. The predicted molar refractivity (Wildman–Crippen MR) is 57.7 cm³/mol. The van der Waals surface area contributed by atoms with Gasteiger partial charge in [-0.15, -0.1) is 0 Å². The van der Waals surface area contributed by atoms with Gasteiger partial charge in [0.2, 0.25) is 0 Å². The molecule has 1 aliphatic heterocycles. The Labute approximate surface area is 91.7 Å². The topological polar surface area (TPSA) is 86.3 Å². The van der Waals surface area contributed by atoms with Crippen molar-refractivity contribution in [2.45, 2.75) is 4.58 Å². The van der Waals surface area contributed by atoms with Gasteiger partial charge in [-0.1, -0.05) is 27.7 Å². The Morgan fingerprint density at radius 2 is 1.80 bits per heavy atom. The summed E-state index contributed by atoms with van der Waals surface area (Å²) in [5, 5.41) is 21.4. The van der Waals surface area contributed by atoms with Crippen LogP contribution in [-0.2, 0) is 0 Å². The van der Waals surface area contributed by atoms with Gasteiger partial charge >= 0.3 is 11.4 Å². The zero-order chi connectivity index (χ0) is 11.0. The fourth-order valence-electron chi connectivity index (χ4n) is 1.22. The molecule has 0 unspecified atom stereocenters. The Morgan fingerprint density at radius 1 is 1.13 bits per heavy atom. The van der Waals surface area contributed by atoms with Crippen LogP contribution in [0.3, 0.4) is 0 Å². The van der Waals surface area contributed by atoms with E-state index in [1.807, 2.05) is 0 Å². The normalized spacial score (nSPS) is 14.9. The van der Waals surface area contributed by atoms with Crippen LogP contribution in [0, 0.1) is 20.2 Å². The number of para-hydroxylation sites is 1. The molecule has 1 aromatic rings. The second-order valence-corrected chi connectivity index (χ2v) is 5.53. The zero-order valence-corrected chi connectivity index (χ0v) is 8.79. The highest BCUT2D eigenvalue weighted by Crippen LogP contribution is 2.67.